The van der Waals surface area contributed by atoms with Gasteiger partial charge in [0, 0.05) is 18.2 Å². The van der Waals surface area contributed by atoms with Crippen molar-refractivity contribution in [3.63, 3.8) is 0 Å². The number of alkyl halides is 2. The van der Waals surface area contributed by atoms with Gasteiger partial charge >= 0.3 is 6.61 Å². The Balaban J connectivity index is 0.00000324. The average molecular weight is 295 g/mol. The van der Waals surface area contributed by atoms with Crippen LogP contribution in [0.4, 0.5) is 8.78 Å². The molecule has 1 aromatic carbocycles. The summed E-state index contributed by atoms with van der Waals surface area (Å²) < 4.78 is 28.7. The summed E-state index contributed by atoms with van der Waals surface area (Å²) in [5.41, 5.74) is 5.79. The van der Waals surface area contributed by atoms with Gasteiger partial charge < -0.3 is 15.8 Å². The fourth-order valence-electron chi connectivity index (χ4n) is 1.42. The molecule has 1 amide bonds. The first-order valence-electron chi connectivity index (χ1n) is 5.55. The van der Waals surface area contributed by atoms with Crippen LogP contribution in [0.15, 0.2) is 24.3 Å². The van der Waals surface area contributed by atoms with Gasteiger partial charge in [-0.1, -0.05) is 18.2 Å². The number of ether oxygens (including phenoxy) is 1. The maximum atomic E-state index is 12.2. The smallest absolute Gasteiger partial charge is 0.387 e. The zero-order valence-electron chi connectivity index (χ0n) is 10.4. The molecule has 0 saturated heterocycles. The number of hydrogen-bond donors (Lipinski definition) is 2. The normalized spacial score (nSPS) is 11.6. The molecule has 0 saturated carbocycles. The lowest BCUT2D eigenvalue weighted by Gasteiger charge is -2.13. The van der Waals surface area contributed by atoms with Gasteiger partial charge in [0.1, 0.15) is 5.75 Å². The third-order valence-electron chi connectivity index (χ3n) is 2.30. The van der Waals surface area contributed by atoms with Crippen molar-refractivity contribution in [2.24, 2.45) is 5.73 Å². The maximum absolute atomic E-state index is 12.2. The second-order valence-corrected chi connectivity index (χ2v) is 3.87. The molecule has 0 spiro atoms. The third kappa shape index (κ3) is 6.35. The molecule has 108 valence electrons. The SMILES string of the molecule is C[C@@H](CN)NC(=O)Cc1ccccc1OC(F)F.Cl. The second-order valence-electron chi connectivity index (χ2n) is 3.87. The molecule has 19 heavy (non-hydrogen) atoms. The molecule has 0 heterocycles. The van der Waals surface area contributed by atoms with E-state index in [1.165, 1.54) is 6.07 Å². The fraction of sp³-hybridized carbons (Fsp3) is 0.417. The number of amides is 1. The molecule has 0 aromatic heterocycles. The maximum Gasteiger partial charge on any atom is 0.387 e. The molecule has 0 aliphatic heterocycles. The van der Waals surface area contributed by atoms with E-state index >= 15 is 0 Å². The van der Waals surface area contributed by atoms with Crippen LogP contribution in [0.1, 0.15) is 12.5 Å². The van der Waals surface area contributed by atoms with Crippen LogP contribution in [0, 0.1) is 0 Å². The quantitative estimate of drug-likeness (QED) is 0.839. The van der Waals surface area contributed by atoms with Gasteiger partial charge in [-0.15, -0.1) is 12.4 Å². The molecular formula is C12H17ClF2N2O2. The molecule has 0 fully saturated rings. The Bertz CT molecular complexity index is 405. The Morgan fingerprint density at radius 2 is 2.05 bits per heavy atom. The van der Waals surface area contributed by atoms with Gasteiger partial charge in [-0.05, 0) is 13.0 Å². The van der Waals surface area contributed by atoms with Gasteiger partial charge in [0.15, 0.2) is 0 Å². The summed E-state index contributed by atoms with van der Waals surface area (Å²) in [4.78, 5) is 11.6. The van der Waals surface area contributed by atoms with E-state index < -0.39 is 6.61 Å². The predicted octanol–water partition coefficient (Wildman–Crippen LogP) is 1.72. The zero-order chi connectivity index (χ0) is 13.5. The lowest BCUT2D eigenvalue weighted by atomic mass is 10.1. The lowest BCUT2D eigenvalue weighted by Crippen LogP contribution is -2.38. The van der Waals surface area contributed by atoms with Crippen LogP contribution in [-0.4, -0.2) is 25.1 Å². The molecule has 0 unspecified atom stereocenters. The molecule has 4 nitrogen and oxygen atoms in total. The lowest BCUT2D eigenvalue weighted by molar-refractivity contribution is -0.121. The standard InChI is InChI=1S/C12H16F2N2O2.ClH/c1-8(7-15)16-11(17)6-9-4-2-3-5-10(9)18-12(13)14;/h2-5,8,12H,6-7,15H2,1H3,(H,16,17);1H/t8-;/m0./s1. The highest BCUT2D eigenvalue weighted by Crippen LogP contribution is 2.20. The van der Waals surface area contributed by atoms with Crippen LogP contribution in [0.5, 0.6) is 5.75 Å². The van der Waals surface area contributed by atoms with Crippen molar-refractivity contribution in [2.75, 3.05) is 6.54 Å². The monoisotopic (exact) mass is 294 g/mol. The largest absolute Gasteiger partial charge is 0.435 e. The number of halogens is 3. The van der Waals surface area contributed by atoms with Gasteiger partial charge in [-0.3, -0.25) is 4.79 Å². The Hall–Kier alpha value is -1.40. The van der Waals surface area contributed by atoms with Gasteiger partial charge in [-0.2, -0.15) is 8.78 Å². The number of nitrogens with two attached hydrogens (primary N) is 1. The van der Waals surface area contributed by atoms with E-state index in [0.717, 1.165) is 0 Å². The second kappa shape index (κ2) is 8.66. The molecule has 7 heteroatoms. The number of carbonyl (C=O) groups excluding carboxylic acids is 1. The van der Waals surface area contributed by atoms with Crippen LogP contribution in [0.3, 0.4) is 0 Å². The van der Waals surface area contributed by atoms with Gasteiger partial charge in [0.25, 0.3) is 0 Å². The van der Waals surface area contributed by atoms with Gasteiger partial charge in [0.05, 0.1) is 6.42 Å². The van der Waals surface area contributed by atoms with Crippen molar-refractivity contribution >= 4 is 18.3 Å². The molecule has 1 aromatic rings. The Labute approximate surface area is 116 Å². The van der Waals surface area contributed by atoms with E-state index in [1.807, 2.05) is 0 Å². The number of para-hydroxylation sites is 1. The number of nitrogens with one attached hydrogen (secondary N) is 1. The summed E-state index contributed by atoms with van der Waals surface area (Å²) in [6.07, 6.45) is -0.0206. The Morgan fingerprint density at radius 3 is 2.63 bits per heavy atom. The molecule has 0 aliphatic rings. The number of carbonyl (C=O) groups is 1. The minimum Gasteiger partial charge on any atom is -0.435 e. The van der Waals surface area contributed by atoms with E-state index in [0.29, 0.717) is 12.1 Å². The summed E-state index contributed by atoms with van der Waals surface area (Å²) in [6, 6.07) is 6.06. The minimum absolute atomic E-state index is 0. The van der Waals surface area contributed by atoms with Crippen molar-refractivity contribution in [3.8, 4) is 5.75 Å². The van der Waals surface area contributed by atoms with E-state index in [1.54, 1.807) is 25.1 Å². The highest BCUT2D eigenvalue weighted by Gasteiger charge is 2.13. The summed E-state index contributed by atoms with van der Waals surface area (Å²) in [5, 5.41) is 2.65. The van der Waals surface area contributed by atoms with E-state index in [9.17, 15) is 13.6 Å². The summed E-state index contributed by atoms with van der Waals surface area (Å²) >= 11 is 0. The molecule has 1 rings (SSSR count). The highest BCUT2D eigenvalue weighted by atomic mass is 35.5. The molecule has 3 N–H and O–H groups in total. The van der Waals surface area contributed by atoms with Crippen LogP contribution in [0.2, 0.25) is 0 Å². The van der Waals surface area contributed by atoms with Gasteiger partial charge in [-0.25, -0.2) is 0 Å². The fourth-order valence-corrected chi connectivity index (χ4v) is 1.42. The number of rotatable bonds is 6. The van der Waals surface area contributed by atoms with Crippen LogP contribution in [-0.2, 0) is 11.2 Å². The highest BCUT2D eigenvalue weighted by molar-refractivity contribution is 5.85. The van der Waals surface area contributed by atoms with Crippen molar-refractivity contribution in [1.82, 2.24) is 5.32 Å². The first kappa shape index (κ1) is 17.6. The van der Waals surface area contributed by atoms with Crippen LogP contribution >= 0.6 is 12.4 Å². The van der Waals surface area contributed by atoms with Crippen LogP contribution in [0.25, 0.3) is 0 Å². The van der Waals surface area contributed by atoms with Crippen LogP contribution < -0.4 is 15.8 Å². The Kier molecular flexibility index (Phi) is 8.02. The molecule has 0 bridgehead atoms. The van der Waals surface area contributed by atoms with E-state index in [2.05, 4.69) is 10.1 Å². The van der Waals surface area contributed by atoms with Crippen molar-refractivity contribution in [1.29, 1.82) is 0 Å². The molecular weight excluding hydrogens is 278 g/mol. The molecule has 0 radical (unpaired) electrons. The van der Waals surface area contributed by atoms with Crippen molar-refractivity contribution in [3.05, 3.63) is 29.8 Å². The van der Waals surface area contributed by atoms with Crippen molar-refractivity contribution < 1.29 is 18.3 Å². The zero-order valence-corrected chi connectivity index (χ0v) is 11.3. The number of hydrogen-bond acceptors (Lipinski definition) is 3. The van der Waals surface area contributed by atoms with Gasteiger partial charge in [0.2, 0.25) is 5.91 Å². The molecule has 0 aliphatic carbocycles. The summed E-state index contributed by atoms with van der Waals surface area (Å²) in [6.45, 7) is -0.822. The topological polar surface area (TPSA) is 64.3 Å². The molecule has 1 atom stereocenters. The number of benzene rings is 1. The first-order chi connectivity index (χ1) is 8.52. The van der Waals surface area contributed by atoms with E-state index in [4.69, 9.17) is 5.73 Å². The van der Waals surface area contributed by atoms with E-state index in [-0.39, 0.29) is 36.5 Å². The third-order valence-corrected chi connectivity index (χ3v) is 2.30. The van der Waals surface area contributed by atoms with Crippen molar-refractivity contribution in [2.45, 2.75) is 26.0 Å². The summed E-state index contributed by atoms with van der Waals surface area (Å²) in [5.74, 6) is -0.263. The summed E-state index contributed by atoms with van der Waals surface area (Å²) in [7, 11) is 0. The predicted molar refractivity (Wildman–Crippen MR) is 70.7 cm³/mol. The average Bonchev–Trinajstić information content (AvgIpc) is 2.30. The first-order valence-corrected chi connectivity index (χ1v) is 5.55. The Morgan fingerprint density at radius 1 is 1.42 bits per heavy atom. The minimum atomic E-state index is -2.91.